The Bertz CT molecular complexity index is 317. The van der Waals surface area contributed by atoms with Gasteiger partial charge in [0.15, 0.2) is 0 Å². The van der Waals surface area contributed by atoms with Crippen molar-refractivity contribution in [2.45, 2.75) is 76.8 Å². The summed E-state index contributed by atoms with van der Waals surface area (Å²) >= 11 is 0. The van der Waals surface area contributed by atoms with Crippen LogP contribution in [0.25, 0.3) is 0 Å². The number of carbonyl (C=O) groups is 1. The van der Waals surface area contributed by atoms with Crippen LogP contribution >= 0.6 is 0 Å². The molecule has 0 aromatic rings. The van der Waals surface area contributed by atoms with Gasteiger partial charge >= 0.3 is 5.97 Å². The summed E-state index contributed by atoms with van der Waals surface area (Å²) in [5.74, 6) is -1.06. The van der Waals surface area contributed by atoms with E-state index in [0.29, 0.717) is 6.42 Å². The number of carboxylic acid groups (broad SMARTS) is 1. The van der Waals surface area contributed by atoms with Crippen molar-refractivity contribution < 1.29 is 9.90 Å². The van der Waals surface area contributed by atoms with Gasteiger partial charge in [0.2, 0.25) is 0 Å². The van der Waals surface area contributed by atoms with E-state index in [2.05, 4.69) is 27.6 Å². The van der Waals surface area contributed by atoms with Crippen molar-refractivity contribution in [1.82, 2.24) is 0 Å². The molecule has 1 aliphatic heterocycles. The smallest absolute Gasteiger partial charge is 0.358 e. The average molecular weight is 268 g/mol. The highest BCUT2D eigenvalue weighted by molar-refractivity contribution is 5.78. The van der Waals surface area contributed by atoms with Gasteiger partial charge in [-0.2, -0.15) is 0 Å². The Balaban J connectivity index is 2.03. The van der Waals surface area contributed by atoms with Crippen LogP contribution in [0, 0.1) is 0 Å². The molecule has 108 valence electrons. The lowest BCUT2D eigenvalue weighted by atomic mass is 10.0. The Morgan fingerprint density at radius 3 is 1.84 bits per heavy atom. The highest BCUT2D eigenvalue weighted by atomic mass is 16.4. The van der Waals surface area contributed by atoms with Crippen LogP contribution in [0.15, 0.2) is 20.7 Å². The fourth-order valence-corrected chi connectivity index (χ4v) is 2.18. The van der Waals surface area contributed by atoms with Gasteiger partial charge in [-0.25, -0.2) is 4.79 Å². The molecule has 0 bridgehead atoms. The first kappa shape index (κ1) is 15.7. The molecule has 0 saturated heterocycles. The first-order valence-corrected chi connectivity index (χ1v) is 7.29. The fraction of sp³-hybridized carbons (Fsp3) is 0.923. The molecule has 6 nitrogen and oxygen atoms in total. The van der Waals surface area contributed by atoms with Gasteiger partial charge in [-0.05, 0) is 16.9 Å². The molecule has 19 heavy (non-hydrogen) atoms. The number of nitrogens with zero attached hydrogens (tertiary/aromatic N) is 4. The lowest BCUT2D eigenvalue weighted by molar-refractivity contribution is -0.143. The summed E-state index contributed by atoms with van der Waals surface area (Å²) in [4.78, 5) is 11.1. The maximum absolute atomic E-state index is 11.1. The molecule has 1 aliphatic rings. The van der Waals surface area contributed by atoms with Crippen LogP contribution < -0.4 is 0 Å². The van der Waals surface area contributed by atoms with Crippen LogP contribution in [0.5, 0.6) is 0 Å². The van der Waals surface area contributed by atoms with Gasteiger partial charge in [0.25, 0.3) is 5.66 Å². The molecule has 0 unspecified atom stereocenters. The maximum atomic E-state index is 11.1. The number of unbranched alkanes of at least 4 members (excludes halogenated alkanes) is 8. The first-order chi connectivity index (χ1) is 9.21. The van der Waals surface area contributed by atoms with Crippen molar-refractivity contribution in [3.8, 4) is 0 Å². The van der Waals surface area contributed by atoms with E-state index >= 15 is 0 Å². The Kier molecular flexibility index (Phi) is 7.22. The van der Waals surface area contributed by atoms with E-state index in [-0.39, 0.29) is 0 Å². The zero-order chi connectivity index (χ0) is 14.0. The summed E-state index contributed by atoms with van der Waals surface area (Å²) in [6, 6.07) is 0. The molecule has 0 atom stereocenters. The Morgan fingerprint density at radius 1 is 0.895 bits per heavy atom. The molecule has 1 heterocycles. The third-order valence-corrected chi connectivity index (χ3v) is 3.43. The molecule has 1 N–H and O–H groups in total. The Hall–Kier alpha value is -1.33. The summed E-state index contributed by atoms with van der Waals surface area (Å²) < 4.78 is 0. The zero-order valence-electron chi connectivity index (χ0n) is 11.7. The van der Waals surface area contributed by atoms with E-state index in [1.54, 1.807) is 0 Å². The van der Waals surface area contributed by atoms with Crippen molar-refractivity contribution in [2.24, 2.45) is 20.7 Å². The second-order valence-corrected chi connectivity index (χ2v) is 5.08. The van der Waals surface area contributed by atoms with Crippen LogP contribution in [0.1, 0.15) is 71.1 Å². The van der Waals surface area contributed by atoms with E-state index < -0.39 is 11.6 Å². The van der Waals surface area contributed by atoms with E-state index in [1.165, 1.54) is 38.5 Å². The summed E-state index contributed by atoms with van der Waals surface area (Å²) in [6.07, 6.45) is 11.1. The van der Waals surface area contributed by atoms with Crippen LogP contribution in [0.3, 0.4) is 0 Å². The van der Waals surface area contributed by atoms with Gasteiger partial charge in [-0.15, -0.1) is 10.2 Å². The summed E-state index contributed by atoms with van der Waals surface area (Å²) in [6.45, 7) is 2.22. The lowest BCUT2D eigenvalue weighted by Gasteiger charge is -2.13. The third kappa shape index (κ3) is 5.44. The van der Waals surface area contributed by atoms with E-state index in [4.69, 9.17) is 5.11 Å². The van der Waals surface area contributed by atoms with Gasteiger partial charge < -0.3 is 5.11 Å². The van der Waals surface area contributed by atoms with Crippen LogP contribution in [0.2, 0.25) is 0 Å². The van der Waals surface area contributed by atoms with Crippen LogP contribution in [0.4, 0.5) is 0 Å². The molecular weight excluding hydrogens is 244 g/mol. The number of rotatable bonds is 11. The topological polar surface area (TPSA) is 86.7 Å². The summed E-state index contributed by atoms with van der Waals surface area (Å²) in [5, 5.41) is 23.0. The van der Waals surface area contributed by atoms with E-state index in [9.17, 15) is 4.79 Å². The molecule has 0 fully saturated rings. The van der Waals surface area contributed by atoms with E-state index in [1.807, 2.05) is 0 Å². The molecule has 0 aromatic heterocycles. The molecule has 0 spiro atoms. The second kappa shape index (κ2) is 8.72. The van der Waals surface area contributed by atoms with Gasteiger partial charge in [0.1, 0.15) is 0 Å². The van der Waals surface area contributed by atoms with Crippen molar-refractivity contribution in [3.63, 3.8) is 0 Å². The molecule has 0 aromatic carbocycles. The van der Waals surface area contributed by atoms with Gasteiger partial charge in [-0.1, -0.05) is 58.3 Å². The first-order valence-electron chi connectivity index (χ1n) is 7.29. The minimum absolute atomic E-state index is 0.394. The largest absolute Gasteiger partial charge is 0.478 e. The summed E-state index contributed by atoms with van der Waals surface area (Å²) in [5.41, 5.74) is -1.43. The van der Waals surface area contributed by atoms with Crippen LogP contribution in [-0.4, -0.2) is 16.7 Å². The maximum Gasteiger partial charge on any atom is 0.358 e. The zero-order valence-corrected chi connectivity index (χ0v) is 11.7. The van der Waals surface area contributed by atoms with Gasteiger partial charge in [0, 0.05) is 6.42 Å². The quantitative estimate of drug-likeness (QED) is 0.558. The molecule has 1 rings (SSSR count). The van der Waals surface area contributed by atoms with Gasteiger partial charge in [0.05, 0.1) is 0 Å². The van der Waals surface area contributed by atoms with Crippen LogP contribution in [-0.2, 0) is 4.79 Å². The van der Waals surface area contributed by atoms with Gasteiger partial charge in [-0.3, -0.25) is 0 Å². The minimum Gasteiger partial charge on any atom is -0.478 e. The monoisotopic (exact) mass is 268 g/mol. The molecule has 0 aliphatic carbocycles. The Morgan fingerprint density at radius 2 is 1.37 bits per heavy atom. The van der Waals surface area contributed by atoms with Crippen molar-refractivity contribution in [3.05, 3.63) is 0 Å². The fourth-order valence-electron chi connectivity index (χ4n) is 2.18. The second-order valence-electron chi connectivity index (χ2n) is 5.08. The van der Waals surface area contributed by atoms with Crippen molar-refractivity contribution in [1.29, 1.82) is 0 Å². The number of hydrogen-bond donors (Lipinski definition) is 1. The standard InChI is InChI=1S/C13H24N4O2/c1-2-3-4-5-6-7-8-9-10-11-13(12(18)19)14-16-17-15-13/h2-11H2,1H3,(H,18,19). The number of carboxylic acids is 1. The normalized spacial score (nSPS) is 16.1. The average Bonchev–Trinajstić information content (AvgIpc) is 2.87. The number of aliphatic carboxylic acids is 1. The third-order valence-electron chi connectivity index (χ3n) is 3.43. The lowest BCUT2D eigenvalue weighted by Crippen LogP contribution is -2.32. The molecule has 6 heteroatoms. The Labute approximate surface area is 114 Å². The number of hydrogen-bond acceptors (Lipinski definition) is 5. The predicted molar refractivity (Wildman–Crippen MR) is 71.9 cm³/mol. The molecular formula is C13H24N4O2. The minimum atomic E-state index is -1.43. The highest BCUT2D eigenvalue weighted by Gasteiger charge is 2.41. The molecule has 0 radical (unpaired) electrons. The van der Waals surface area contributed by atoms with E-state index in [0.717, 1.165) is 19.3 Å². The predicted octanol–water partition coefficient (Wildman–Crippen LogP) is 4.52. The van der Waals surface area contributed by atoms with Crippen molar-refractivity contribution >= 4 is 5.97 Å². The SMILES string of the molecule is CCCCCCCCCCCC1(C(=O)O)N=NN=N1. The van der Waals surface area contributed by atoms with Crippen molar-refractivity contribution in [2.75, 3.05) is 0 Å². The molecule has 0 amide bonds. The highest BCUT2D eigenvalue weighted by Crippen LogP contribution is 2.27. The molecule has 0 saturated carbocycles. The summed E-state index contributed by atoms with van der Waals surface area (Å²) in [7, 11) is 0.